The van der Waals surface area contributed by atoms with Crippen molar-refractivity contribution in [3.63, 3.8) is 0 Å². The average Bonchev–Trinajstić information content (AvgIpc) is 3.06. The number of phenols is 1. The predicted molar refractivity (Wildman–Crippen MR) is 116 cm³/mol. The Morgan fingerprint density at radius 3 is 2.18 bits per heavy atom. The van der Waals surface area contributed by atoms with Gasteiger partial charge in [-0.05, 0) is 17.3 Å². The molecular formula is C23H26O4Si. The van der Waals surface area contributed by atoms with Gasteiger partial charge in [-0.15, -0.1) is 0 Å². The Kier molecular flexibility index (Phi) is 5.44. The van der Waals surface area contributed by atoms with Gasteiger partial charge in [-0.1, -0.05) is 56.6 Å². The van der Waals surface area contributed by atoms with Crippen molar-refractivity contribution in [3.8, 4) is 29.1 Å². The van der Waals surface area contributed by atoms with Crippen LogP contribution in [0.2, 0.25) is 19.6 Å². The molecule has 0 fully saturated rings. The van der Waals surface area contributed by atoms with E-state index in [0.717, 1.165) is 28.3 Å². The molecule has 1 heterocycles. The maximum atomic E-state index is 10.9. The van der Waals surface area contributed by atoms with Crippen LogP contribution in [0.15, 0.2) is 34.7 Å². The summed E-state index contributed by atoms with van der Waals surface area (Å²) in [5.74, 6) is 7.84. The topological polar surface area (TPSA) is 51.8 Å². The fraction of sp³-hybridized carbons (Fsp3) is 0.304. The quantitative estimate of drug-likeness (QED) is 0.516. The van der Waals surface area contributed by atoms with Gasteiger partial charge < -0.3 is 19.0 Å². The molecule has 2 aromatic carbocycles. The van der Waals surface area contributed by atoms with Crippen molar-refractivity contribution < 1.29 is 19.0 Å². The van der Waals surface area contributed by atoms with Crippen LogP contribution < -0.4 is 14.7 Å². The molecule has 0 aliphatic rings. The highest BCUT2D eigenvalue weighted by Gasteiger charge is 2.33. The van der Waals surface area contributed by atoms with E-state index in [-0.39, 0.29) is 11.5 Å². The van der Waals surface area contributed by atoms with Crippen LogP contribution in [-0.4, -0.2) is 27.4 Å². The molecule has 3 rings (SSSR count). The molecule has 0 saturated heterocycles. The number of benzene rings is 2. The van der Waals surface area contributed by atoms with E-state index in [0.29, 0.717) is 16.9 Å². The molecule has 5 heteroatoms. The molecule has 0 unspecified atom stereocenters. The summed E-state index contributed by atoms with van der Waals surface area (Å²) in [6, 6.07) is 9.70. The fourth-order valence-electron chi connectivity index (χ4n) is 3.52. The highest BCUT2D eigenvalue weighted by molar-refractivity contribution is 6.90. The van der Waals surface area contributed by atoms with Gasteiger partial charge in [0, 0.05) is 12.0 Å². The summed E-state index contributed by atoms with van der Waals surface area (Å²) in [5, 5.41) is 12.9. The van der Waals surface area contributed by atoms with Gasteiger partial charge >= 0.3 is 0 Å². The number of aryl methyl sites for hydroxylation is 1. The van der Waals surface area contributed by atoms with Gasteiger partial charge in [0.05, 0.1) is 27.7 Å². The van der Waals surface area contributed by atoms with Crippen LogP contribution in [0.3, 0.4) is 0 Å². The Morgan fingerprint density at radius 2 is 1.64 bits per heavy atom. The first-order valence-electron chi connectivity index (χ1n) is 9.33. The van der Waals surface area contributed by atoms with Crippen LogP contribution in [0.5, 0.6) is 17.2 Å². The summed E-state index contributed by atoms with van der Waals surface area (Å²) in [4.78, 5) is 0. The minimum atomic E-state index is -1.79. The zero-order valence-electron chi connectivity index (χ0n) is 17.3. The van der Waals surface area contributed by atoms with Crippen molar-refractivity contribution >= 4 is 24.2 Å². The first kappa shape index (κ1) is 19.9. The number of hydrogen-bond donors (Lipinski definition) is 1. The predicted octanol–water partition coefficient (Wildman–Crippen LogP) is 4.66. The summed E-state index contributed by atoms with van der Waals surface area (Å²) in [6.07, 6.45) is 0.756. The minimum Gasteiger partial charge on any atom is -0.502 e. The molecule has 0 aliphatic heterocycles. The average molecular weight is 395 g/mol. The van der Waals surface area contributed by atoms with Crippen LogP contribution >= 0.6 is 0 Å². The molecule has 0 spiro atoms. The van der Waals surface area contributed by atoms with E-state index in [1.807, 2.05) is 30.3 Å². The molecule has 0 radical (unpaired) electrons. The van der Waals surface area contributed by atoms with Gasteiger partial charge in [-0.25, -0.2) is 0 Å². The Balaban J connectivity index is 2.44. The van der Waals surface area contributed by atoms with E-state index in [4.69, 9.17) is 13.9 Å². The minimum absolute atomic E-state index is 0.0437. The van der Waals surface area contributed by atoms with E-state index in [1.54, 1.807) is 7.11 Å². The van der Waals surface area contributed by atoms with E-state index in [2.05, 4.69) is 38.4 Å². The van der Waals surface area contributed by atoms with Crippen molar-refractivity contribution in [3.05, 3.63) is 47.2 Å². The third-order valence-corrected chi connectivity index (χ3v) is 6.71. The molecule has 0 atom stereocenters. The Hall–Kier alpha value is -2.84. The van der Waals surface area contributed by atoms with Gasteiger partial charge in [-0.3, -0.25) is 0 Å². The van der Waals surface area contributed by atoms with Crippen molar-refractivity contribution in [2.24, 2.45) is 0 Å². The van der Waals surface area contributed by atoms with Gasteiger partial charge in [0.2, 0.25) is 5.75 Å². The Labute approximate surface area is 167 Å². The lowest BCUT2D eigenvalue weighted by Gasteiger charge is -2.18. The molecule has 1 aromatic heterocycles. The van der Waals surface area contributed by atoms with Gasteiger partial charge in [0.15, 0.2) is 17.1 Å². The number of methoxy groups -OCH3 is 2. The highest BCUT2D eigenvalue weighted by atomic mass is 28.3. The highest BCUT2D eigenvalue weighted by Crippen LogP contribution is 2.46. The molecule has 146 valence electrons. The molecule has 1 N–H and O–H groups in total. The smallest absolute Gasteiger partial charge is 0.203 e. The molecule has 0 aliphatic carbocycles. The van der Waals surface area contributed by atoms with E-state index >= 15 is 0 Å². The number of ether oxygens (including phenoxy) is 2. The normalized spacial score (nSPS) is 11.2. The van der Waals surface area contributed by atoms with Crippen LogP contribution in [0.1, 0.15) is 23.8 Å². The SMILES string of the molecule is CCc1oc2c(C#Cc3ccccc3)c(OC)c(O)c(OC)c2c1[Si](C)(C)C. The van der Waals surface area contributed by atoms with Crippen LogP contribution in [-0.2, 0) is 6.42 Å². The lowest BCUT2D eigenvalue weighted by atomic mass is 10.1. The second-order valence-corrected chi connectivity index (χ2v) is 12.6. The standard InChI is InChI=1S/C23H26O4Si/c1-7-17-23(28(4,5)6)18-20(27-17)16(14-13-15-11-9-8-10-12-15)21(25-2)19(24)22(18)26-3/h8-12,24H,7H2,1-6H3. The number of rotatable bonds is 4. The Morgan fingerprint density at radius 1 is 1.00 bits per heavy atom. The van der Waals surface area contributed by atoms with E-state index in [9.17, 15) is 5.11 Å². The van der Waals surface area contributed by atoms with Gasteiger partial charge in [0.1, 0.15) is 11.3 Å². The van der Waals surface area contributed by atoms with Crippen LogP contribution in [0.25, 0.3) is 11.0 Å². The third kappa shape index (κ3) is 3.36. The summed E-state index contributed by atoms with van der Waals surface area (Å²) in [5.41, 5.74) is 2.03. The zero-order valence-corrected chi connectivity index (χ0v) is 18.3. The summed E-state index contributed by atoms with van der Waals surface area (Å²) in [6.45, 7) is 8.84. The maximum Gasteiger partial charge on any atom is 0.203 e. The lowest BCUT2D eigenvalue weighted by molar-refractivity contribution is 0.342. The molecule has 4 nitrogen and oxygen atoms in total. The molecule has 0 saturated carbocycles. The monoisotopic (exact) mass is 394 g/mol. The van der Waals surface area contributed by atoms with Crippen molar-refractivity contribution in [1.82, 2.24) is 0 Å². The van der Waals surface area contributed by atoms with Crippen molar-refractivity contribution in [2.45, 2.75) is 33.0 Å². The first-order valence-corrected chi connectivity index (χ1v) is 12.8. The molecule has 3 aromatic rings. The molecule has 28 heavy (non-hydrogen) atoms. The fourth-order valence-corrected chi connectivity index (χ4v) is 5.56. The second-order valence-electron chi connectivity index (χ2n) is 7.61. The van der Waals surface area contributed by atoms with Gasteiger partial charge in [-0.2, -0.15) is 0 Å². The number of hydrogen-bond acceptors (Lipinski definition) is 4. The number of furan rings is 1. The molecule has 0 bridgehead atoms. The van der Waals surface area contributed by atoms with Gasteiger partial charge in [0.25, 0.3) is 0 Å². The second kappa shape index (κ2) is 7.65. The maximum absolute atomic E-state index is 10.9. The number of phenolic OH excluding ortho intramolecular Hbond substituents is 1. The van der Waals surface area contributed by atoms with Crippen LogP contribution in [0, 0.1) is 11.8 Å². The summed E-state index contributed by atoms with van der Waals surface area (Å²) in [7, 11) is 1.27. The van der Waals surface area contributed by atoms with Crippen LogP contribution in [0.4, 0.5) is 0 Å². The zero-order chi connectivity index (χ0) is 20.5. The van der Waals surface area contributed by atoms with E-state index < -0.39 is 8.07 Å². The lowest BCUT2D eigenvalue weighted by Crippen LogP contribution is -2.39. The molecule has 0 amide bonds. The Bertz CT molecular complexity index is 1060. The third-order valence-electron chi connectivity index (χ3n) is 4.68. The number of fused-ring (bicyclic) bond motifs is 1. The summed E-state index contributed by atoms with van der Waals surface area (Å²) >= 11 is 0. The van der Waals surface area contributed by atoms with E-state index in [1.165, 1.54) is 7.11 Å². The first-order chi connectivity index (χ1) is 13.3. The number of aromatic hydroxyl groups is 1. The largest absolute Gasteiger partial charge is 0.502 e. The van der Waals surface area contributed by atoms with Crippen molar-refractivity contribution in [2.75, 3.05) is 14.2 Å². The van der Waals surface area contributed by atoms with Crippen molar-refractivity contribution in [1.29, 1.82) is 0 Å². The molecular weight excluding hydrogens is 368 g/mol. The summed E-state index contributed by atoms with van der Waals surface area (Å²) < 4.78 is 17.4.